The van der Waals surface area contributed by atoms with Crippen LogP contribution in [0.1, 0.15) is 29.6 Å². The minimum atomic E-state index is -0.706. The van der Waals surface area contributed by atoms with Crippen molar-refractivity contribution in [3.8, 4) is 0 Å². The molecule has 0 aliphatic carbocycles. The van der Waals surface area contributed by atoms with Crippen molar-refractivity contribution in [1.82, 2.24) is 9.80 Å². The number of hydrogen-bond donors (Lipinski definition) is 0. The lowest BCUT2D eigenvalue weighted by atomic mass is 10.0. The molecule has 1 aromatic carbocycles. The van der Waals surface area contributed by atoms with Crippen LogP contribution in [0.15, 0.2) is 18.2 Å². The van der Waals surface area contributed by atoms with E-state index in [4.69, 9.17) is 0 Å². The second kappa shape index (κ2) is 7.09. The highest BCUT2D eigenvalue weighted by Gasteiger charge is 2.21. The van der Waals surface area contributed by atoms with Crippen LogP contribution in [0, 0.1) is 11.6 Å². The van der Waals surface area contributed by atoms with E-state index in [-0.39, 0.29) is 17.8 Å². The third-order valence-corrected chi connectivity index (χ3v) is 4.19. The Morgan fingerprint density at radius 2 is 1.81 bits per heavy atom. The predicted octanol–water partition coefficient (Wildman–Crippen LogP) is 2.56. The van der Waals surface area contributed by atoms with E-state index in [2.05, 4.69) is 16.8 Å². The molecule has 0 radical (unpaired) electrons. The highest BCUT2D eigenvalue weighted by molar-refractivity contribution is 5.96. The van der Waals surface area contributed by atoms with E-state index in [1.165, 1.54) is 0 Å². The first-order chi connectivity index (χ1) is 9.95. The number of benzene rings is 1. The van der Waals surface area contributed by atoms with Gasteiger partial charge in [-0.25, -0.2) is 8.78 Å². The minimum Gasteiger partial charge on any atom is -0.306 e. The van der Waals surface area contributed by atoms with Crippen LogP contribution in [0.25, 0.3) is 0 Å². The van der Waals surface area contributed by atoms with E-state index in [1.54, 1.807) is 0 Å². The van der Waals surface area contributed by atoms with E-state index in [9.17, 15) is 13.6 Å². The lowest BCUT2D eigenvalue weighted by molar-refractivity contribution is 0.0938. The molecule has 1 saturated heterocycles. The Kier molecular flexibility index (Phi) is 5.42. The van der Waals surface area contributed by atoms with Crippen LogP contribution in [0.2, 0.25) is 0 Å². The average Bonchev–Trinajstić information content (AvgIpc) is 2.44. The molecule has 0 saturated carbocycles. The standard InChI is InChI=1S/C16H22F2N2O/c1-19-6-3-15(4-7-19)20(2)8-5-16(21)12-9-13(17)11-14(18)10-12/h9-11,15H,3-8H2,1-2H3. The summed E-state index contributed by atoms with van der Waals surface area (Å²) in [6.45, 7) is 2.75. The summed E-state index contributed by atoms with van der Waals surface area (Å²) in [5.74, 6) is -1.63. The summed E-state index contributed by atoms with van der Waals surface area (Å²) in [7, 11) is 4.12. The van der Waals surface area contributed by atoms with E-state index in [1.807, 2.05) is 7.05 Å². The van der Waals surface area contributed by atoms with Crippen LogP contribution < -0.4 is 0 Å². The summed E-state index contributed by atoms with van der Waals surface area (Å²) in [6, 6.07) is 3.46. The van der Waals surface area contributed by atoms with Gasteiger partial charge in [0.1, 0.15) is 11.6 Å². The van der Waals surface area contributed by atoms with Gasteiger partial charge >= 0.3 is 0 Å². The van der Waals surface area contributed by atoms with Gasteiger partial charge < -0.3 is 9.80 Å². The monoisotopic (exact) mass is 296 g/mol. The number of halogens is 2. The van der Waals surface area contributed by atoms with Crippen molar-refractivity contribution in [1.29, 1.82) is 0 Å². The summed E-state index contributed by atoms with van der Waals surface area (Å²) in [5.41, 5.74) is 0.115. The maximum atomic E-state index is 13.1. The second-order valence-electron chi connectivity index (χ2n) is 5.85. The summed E-state index contributed by atoms with van der Waals surface area (Å²) in [5, 5.41) is 0. The highest BCUT2D eigenvalue weighted by atomic mass is 19.1. The molecule has 1 aliphatic heterocycles. The summed E-state index contributed by atoms with van der Waals surface area (Å²) < 4.78 is 26.2. The number of piperidine rings is 1. The van der Waals surface area contributed by atoms with Crippen LogP contribution in [-0.2, 0) is 0 Å². The van der Waals surface area contributed by atoms with Crippen molar-refractivity contribution in [3.05, 3.63) is 35.4 Å². The van der Waals surface area contributed by atoms with Crippen LogP contribution in [0.4, 0.5) is 8.78 Å². The van der Waals surface area contributed by atoms with Crippen molar-refractivity contribution < 1.29 is 13.6 Å². The third-order valence-electron chi connectivity index (χ3n) is 4.19. The topological polar surface area (TPSA) is 23.6 Å². The Bertz CT molecular complexity index is 479. The quantitative estimate of drug-likeness (QED) is 0.780. The molecular formula is C16H22F2N2O. The molecule has 0 N–H and O–H groups in total. The number of carbonyl (C=O) groups is 1. The van der Waals surface area contributed by atoms with Crippen LogP contribution in [0.5, 0.6) is 0 Å². The minimum absolute atomic E-state index is 0.115. The van der Waals surface area contributed by atoms with E-state index in [0.717, 1.165) is 44.1 Å². The van der Waals surface area contributed by atoms with Crippen molar-refractivity contribution >= 4 is 5.78 Å². The van der Waals surface area contributed by atoms with E-state index >= 15 is 0 Å². The molecule has 0 aromatic heterocycles. The molecule has 3 nitrogen and oxygen atoms in total. The molecule has 1 aromatic rings. The van der Waals surface area contributed by atoms with Crippen molar-refractivity contribution in [2.75, 3.05) is 33.7 Å². The lowest BCUT2D eigenvalue weighted by Crippen LogP contribution is -2.42. The van der Waals surface area contributed by atoms with E-state index < -0.39 is 11.6 Å². The molecule has 116 valence electrons. The molecule has 1 fully saturated rings. The largest absolute Gasteiger partial charge is 0.306 e. The zero-order chi connectivity index (χ0) is 15.4. The Balaban J connectivity index is 1.85. The SMILES string of the molecule is CN1CCC(N(C)CCC(=O)c2cc(F)cc(F)c2)CC1. The van der Waals surface area contributed by atoms with Gasteiger partial charge in [0.2, 0.25) is 0 Å². The third kappa shape index (κ3) is 4.58. The highest BCUT2D eigenvalue weighted by Crippen LogP contribution is 2.15. The Morgan fingerprint density at radius 3 is 2.38 bits per heavy atom. The first-order valence-electron chi connectivity index (χ1n) is 7.34. The smallest absolute Gasteiger partial charge is 0.164 e. The van der Waals surface area contributed by atoms with Crippen molar-refractivity contribution in [3.63, 3.8) is 0 Å². The Hall–Kier alpha value is -1.33. The number of carbonyl (C=O) groups excluding carboxylic acids is 1. The van der Waals surface area contributed by atoms with Gasteiger partial charge in [-0.3, -0.25) is 4.79 Å². The molecule has 5 heteroatoms. The Labute approximate surface area is 124 Å². The molecular weight excluding hydrogens is 274 g/mol. The molecule has 21 heavy (non-hydrogen) atoms. The van der Waals surface area contributed by atoms with Crippen LogP contribution in [0.3, 0.4) is 0 Å². The van der Waals surface area contributed by atoms with Gasteiger partial charge in [0.15, 0.2) is 5.78 Å². The zero-order valence-electron chi connectivity index (χ0n) is 12.6. The van der Waals surface area contributed by atoms with Gasteiger partial charge in [0, 0.05) is 30.6 Å². The number of ketones is 1. The molecule has 0 spiro atoms. The Morgan fingerprint density at radius 1 is 1.24 bits per heavy atom. The maximum absolute atomic E-state index is 13.1. The van der Waals surface area contributed by atoms with E-state index in [0.29, 0.717) is 12.6 Å². The molecule has 0 bridgehead atoms. The number of Topliss-reactive ketones (excluding diaryl/α,β-unsaturated/α-hetero) is 1. The molecule has 0 amide bonds. The second-order valence-corrected chi connectivity index (χ2v) is 5.85. The fourth-order valence-corrected chi connectivity index (χ4v) is 2.76. The lowest BCUT2D eigenvalue weighted by Gasteiger charge is -2.35. The average molecular weight is 296 g/mol. The first kappa shape index (κ1) is 16.0. The first-order valence-corrected chi connectivity index (χ1v) is 7.34. The molecule has 1 aliphatic rings. The van der Waals surface area contributed by atoms with Crippen molar-refractivity contribution in [2.45, 2.75) is 25.3 Å². The number of rotatable bonds is 5. The van der Waals surface area contributed by atoms with Gasteiger partial charge in [-0.15, -0.1) is 0 Å². The van der Waals surface area contributed by atoms with Crippen LogP contribution >= 0.6 is 0 Å². The summed E-state index contributed by atoms with van der Waals surface area (Å²) in [6.07, 6.45) is 2.47. The van der Waals surface area contributed by atoms with Gasteiger partial charge in [-0.1, -0.05) is 0 Å². The predicted molar refractivity (Wildman–Crippen MR) is 78.5 cm³/mol. The maximum Gasteiger partial charge on any atom is 0.164 e. The van der Waals surface area contributed by atoms with Crippen LogP contribution in [-0.4, -0.2) is 55.4 Å². The van der Waals surface area contributed by atoms with Crippen molar-refractivity contribution in [2.24, 2.45) is 0 Å². The zero-order valence-corrected chi connectivity index (χ0v) is 12.6. The normalized spacial score (nSPS) is 17.4. The van der Waals surface area contributed by atoms with Gasteiger partial charge in [0.25, 0.3) is 0 Å². The molecule has 1 heterocycles. The summed E-state index contributed by atoms with van der Waals surface area (Å²) >= 11 is 0. The summed E-state index contributed by atoms with van der Waals surface area (Å²) in [4.78, 5) is 16.5. The molecule has 2 rings (SSSR count). The molecule has 0 atom stereocenters. The molecule has 0 unspecified atom stereocenters. The van der Waals surface area contributed by atoms with Gasteiger partial charge in [0.05, 0.1) is 0 Å². The number of hydrogen-bond acceptors (Lipinski definition) is 3. The number of likely N-dealkylation sites (tertiary alicyclic amines) is 1. The fourth-order valence-electron chi connectivity index (χ4n) is 2.76. The number of nitrogens with zero attached hydrogens (tertiary/aromatic N) is 2. The fraction of sp³-hybridized carbons (Fsp3) is 0.562. The van der Waals surface area contributed by atoms with Gasteiger partial charge in [-0.2, -0.15) is 0 Å². The van der Waals surface area contributed by atoms with Gasteiger partial charge in [-0.05, 0) is 52.2 Å².